The Balaban J connectivity index is 1.29. The third-order valence-electron chi connectivity index (χ3n) is 6.39. The molecule has 1 N–H and O–H groups in total. The highest BCUT2D eigenvalue weighted by molar-refractivity contribution is 7.15. The van der Waals surface area contributed by atoms with Crippen molar-refractivity contribution in [3.05, 3.63) is 104 Å². The van der Waals surface area contributed by atoms with Crippen LogP contribution in [0.2, 0.25) is 5.02 Å². The van der Waals surface area contributed by atoms with E-state index in [0.29, 0.717) is 43.9 Å². The minimum atomic E-state index is -0.474. The summed E-state index contributed by atoms with van der Waals surface area (Å²) in [5.41, 5.74) is 2.30. The zero-order chi connectivity index (χ0) is 28.7. The van der Waals surface area contributed by atoms with Crippen LogP contribution >= 0.6 is 22.9 Å². The number of nitrogens with zero attached hydrogens (tertiary/aromatic N) is 4. The van der Waals surface area contributed by atoms with Crippen LogP contribution in [0.5, 0.6) is 0 Å². The molecular formula is C29H20ClN5O5S. The van der Waals surface area contributed by atoms with Crippen LogP contribution in [0, 0.1) is 0 Å². The van der Waals surface area contributed by atoms with Crippen molar-refractivity contribution < 1.29 is 19.1 Å². The largest absolute Gasteiger partial charge is 0.462 e. The van der Waals surface area contributed by atoms with Crippen molar-refractivity contribution in [2.24, 2.45) is 0 Å². The first-order valence-corrected chi connectivity index (χ1v) is 13.7. The Morgan fingerprint density at radius 3 is 2.44 bits per heavy atom. The van der Waals surface area contributed by atoms with Gasteiger partial charge in [-0.05, 0) is 61.5 Å². The minimum Gasteiger partial charge on any atom is -0.462 e. The number of nitrogens with one attached hydrogen (secondary N) is 1. The lowest BCUT2D eigenvalue weighted by Crippen LogP contribution is -2.37. The Labute approximate surface area is 241 Å². The zero-order valence-corrected chi connectivity index (χ0v) is 23.0. The van der Waals surface area contributed by atoms with Gasteiger partial charge in [-0.15, -0.1) is 5.10 Å². The molecule has 0 aliphatic carbocycles. The third-order valence-corrected chi connectivity index (χ3v) is 7.67. The fraction of sp³-hybridized carbons (Fsp3) is 0.103. The molecule has 3 heterocycles. The van der Waals surface area contributed by atoms with Crippen molar-refractivity contribution in [1.29, 1.82) is 0 Å². The van der Waals surface area contributed by atoms with Crippen LogP contribution in [-0.4, -0.2) is 45.5 Å². The summed E-state index contributed by atoms with van der Waals surface area (Å²) in [6, 6.07) is 20.2. The monoisotopic (exact) mass is 585 g/mol. The second-order valence-electron chi connectivity index (χ2n) is 9.00. The molecule has 0 saturated carbocycles. The first kappa shape index (κ1) is 26.4. The van der Waals surface area contributed by atoms with Gasteiger partial charge < -0.3 is 10.1 Å². The molecule has 0 bridgehead atoms. The van der Waals surface area contributed by atoms with Crippen molar-refractivity contribution in [3.8, 4) is 11.4 Å². The number of aromatic nitrogens is 3. The highest BCUT2D eigenvalue weighted by Crippen LogP contribution is 2.35. The number of amides is 2. The Morgan fingerprint density at radius 2 is 1.73 bits per heavy atom. The maximum absolute atomic E-state index is 13.7. The first-order chi connectivity index (χ1) is 19.8. The predicted molar refractivity (Wildman–Crippen MR) is 155 cm³/mol. The molecule has 6 rings (SSSR count). The number of thiazole rings is 1. The van der Waals surface area contributed by atoms with Crippen LogP contribution in [0.25, 0.3) is 21.9 Å². The minimum absolute atomic E-state index is 0.192. The van der Waals surface area contributed by atoms with Crippen molar-refractivity contribution in [2.75, 3.05) is 23.4 Å². The van der Waals surface area contributed by atoms with Gasteiger partial charge in [-0.25, -0.2) is 4.79 Å². The number of halogens is 1. The second kappa shape index (κ2) is 10.6. The summed E-state index contributed by atoms with van der Waals surface area (Å²) in [5.74, 6) is -1.01. The molecule has 41 heavy (non-hydrogen) atoms. The van der Waals surface area contributed by atoms with Crippen molar-refractivity contribution in [2.45, 2.75) is 6.92 Å². The van der Waals surface area contributed by atoms with Crippen LogP contribution in [0.4, 0.5) is 11.4 Å². The SMILES string of the molecule is CCOC(=O)c1ccc(NC(=O)CN2C(=O)/C(=c3\sc4nc(-c5ccc(Cl)cc5)nn4c3=O)c3ccccc32)cc1. The first-order valence-electron chi connectivity index (χ1n) is 12.5. The van der Waals surface area contributed by atoms with Crippen molar-refractivity contribution in [3.63, 3.8) is 0 Å². The zero-order valence-electron chi connectivity index (χ0n) is 21.5. The molecule has 0 atom stereocenters. The van der Waals surface area contributed by atoms with E-state index in [9.17, 15) is 19.2 Å². The molecule has 0 spiro atoms. The van der Waals surface area contributed by atoms with E-state index in [0.717, 1.165) is 11.3 Å². The molecule has 12 heteroatoms. The van der Waals surface area contributed by atoms with E-state index in [1.807, 2.05) is 0 Å². The number of hydrogen-bond acceptors (Lipinski definition) is 8. The number of benzene rings is 3. The molecule has 2 amide bonds. The summed E-state index contributed by atoms with van der Waals surface area (Å²) in [6.07, 6.45) is 0. The van der Waals surface area contributed by atoms with Gasteiger partial charge in [0.2, 0.25) is 10.9 Å². The molecule has 0 saturated heterocycles. The molecule has 1 aliphatic rings. The fourth-order valence-electron chi connectivity index (χ4n) is 4.51. The number of rotatable bonds is 6. The maximum atomic E-state index is 13.7. The van der Waals surface area contributed by atoms with E-state index >= 15 is 0 Å². The topological polar surface area (TPSA) is 123 Å². The summed E-state index contributed by atoms with van der Waals surface area (Å²) in [5, 5.41) is 7.67. The molecule has 3 aromatic carbocycles. The van der Waals surface area contributed by atoms with Gasteiger partial charge in [0.05, 0.1) is 23.4 Å². The average Bonchev–Trinajstić information content (AvgIpc) is 3.60. The number of carbonyl (C=O) groups is 3. The average molecular weight is 586 g/mol. The van der Waals surface area contributed by atoms with Crippen LogP contribution in [-0.2, 0) is 14.3 Å². The van der Waals surface area contributed by atoms with Gasteiger partial charge in [0.15, 0.2) is 5.82 Å². The normalized spacial score (nSPS) is 13.9. The van der Waals surface area contributed by atoms with Gasteiger partial charge in [0.25, 0.3) is 11.5 Å². The molecule has 10 nitrogen and oxygen atoms in total. The molecular weight excluding hydrogens is 566 g/mol. The predicted octanol–water partition coefficient (Wildman–Crippen LogP) is 3.55. The van der Waals surface area contributed by atoms with E-state index in [4.69, 9.17) is 16.3 Å². The lowest BCUT2D eigenvalue weighted by Gasteiger charge is -2.16. The van der Waals surface area contributed by atoms with Gasteiger partial charge in [-0.2, -0.15) is 9.50 Å². The highest BCUT2D eigenvalue weighted by Gasteiger charge is 2.35. The summed E-state index contributed by atoms with van der Waals surface area (Å²) in [7, 11) is 0. The van der Waals surface area contributed by atoms with Gasteiger partial charge in [0.1, 0.15) is 11.1 Å². The van der Waals surface area contributed by atoms with Gasteiger partial charge in [0, 0.05) is 21.8 Å². The highest BCUT2D eigenvalue weighted by atomic mass is 35.5. The molecule has 0 fully saturated rings. The van der Waals surface area contributed by atoms with Gasteiger partial charge in [-0.1, -0.05) is 41.1 Å². The number of ether oxygens (including phenoxy) is 1. The number of anilines is 2. The summed E-state index contributed by atoms with van der Waals surface area (Å²) < 4.78 is 6.35. The van der Waals surface area contributed by atoms with Crippen molar-refractivity contribution >= 4 is 62.6 Å². The quantitative estimate of drug-likeness (QED) is 0.302. The summed E-state index contributed by atoms with van der Waals surface area (Å²) in [6.45, 7) is 1.69. The Morgan fingerprint density at radius 1 is 1.00 bits per heavy atom. The number of hydrogen-bond donors (Lipinski definition) is 1. The van der Waals surface area contributed by atoms with Gasteiger partial charge >= 0.3 is 5.97 Å². The Kier molecular flexibility index (Phi) is 6.82. The van der Waals surface area contributed by atoms with E-state index in [-0.39, 0.29) is 23.3 Å². The Hall–Kier alpha value is -4.87. The number of carbonyl (C=O) groups excluding carboxylic acids is 3. The lowest BCUT2D eigenvalue weighted by atomic mass is 10.1. The van der Waals surface area contributed by atoms with Crippen LogP contribution in [0.1, 0.15) is 22.8 Å². The standard InChI is InChI=1S/C29H20ClN5O5S/c1-2-40-28(39)17-9-13-19(14-10-17)31-22(36)15-34-21-6-4-3-5-20(21)23(26(34)37)24-27(38)35-29(41-24)32-25(33-35)16-7-11-18(30)12-8-16/h3-14H,2,15H2,1H3,(H,31,36)/b24-23-. The van der Waals surface area contributed by atoms with Crippen LogP contribution in [0.3, 0.4) is 0 Å². The Bertz CT molecular complexity index is 1950. The van der Waals surface area contributed by atoms with E-state index in [2.05, 4.69) is 15.4 Å². The van der Waals surface area contributed by atoms with E-state index in [1.54, 1.807) is 79.7 Å². The van der Waals surface area contributed by atoms with E-state index in [1.165, 1.54) is 9.42 Å². The third kappa shape index (κ3) is 4.85. The fourth-order valence-corrected chi connectivity index (χ4v) is 5.64. The smallest absolute Gasteiger partial charge is 0.338 e. The molecule has 204 valence electrons. The summed E-state index contributed by atoms with van der Waals surface area (Å²) in [4.78, 5) is 58.1. The van der Waals surface area contributed by atoms with Crippen LogP contribution in [0.15, 0.2) is 77.6 Å². The van der Waals surface area contributed by atoms with Crippen LogP contribution < -0.4 is 20.3 Å². The number of para-hydroxylation sites is 1. The number of fused-ring (bicyclic) bond motifs is 2. The van der Waals surface area contributed by atoms with Crippen molar-refractivity contribution in [1.82, 2.24) is 14.6 Å². The van der Waals surface area contributed by atoms with Gasteiger partial charge in [-0.3, -0.25) is 19.3 Å². The van der Waals surface area contributed by atoms with E-state index < -0.39 is 23.3 Å². The molecule has 0 radical (unpaired) electrons. The maximum Gasteiger partial charge on any atom is 0.338 e. The molecule has 5 aromatic rings. The number of esters is 1. The summed E-state index contributed by atoms with van der Waals surface area (Å²) >= 11 is 7.03. The lowest BCUT2D eigenvalue weighted by molar-refractivity contribution is -0.118. The molecule has 0 unspecified atom stereocenters. The molecule has 1 aliphatic heterocycles. The molecule has 2 aromatic heterocycles. The second-order valence-corrected chi connectivity index (χ2v) is 10.4.